The predicted octanol–water partition coefficient (Wildman–Crippen LogP) is 1.24. The first-order valence-corrected chi connectivity index (χ1v) is 6.69. The van der Waals surface area contributed by atoms with E-state index in [1.165, 1.54) is 11.3 Å². The maximum absolute atomic E-state index is 11.4. The Labute approximate surface area is 112 Å². The number of ether oxygens (including phenoxy) is 1. The molecular weight excluding hydrogens is 244 g/mol. The Hall–Kier alpha value is -1.69. The summed E-state index contributed by atoms with van der Waals surface area (Å²) < 4.78 is 4.89. The van der Waals surface area contributed by atoms with Crippen LogP contribution >= 0.6 is 0 Å². The summed E-state index contributed by atoms with van der Waals surface area (Å²) in [5.41, 5.74) is 1.02. The highest BCUT2D eigenvalue weighted by Gasteiger charge is 2.26. The van der Waals surface area contributed by atoms with Gasteiger partial charge in [0.25, 0.3) is 0 Å². The minimum Gasteiger partial charge on any atom is -0.447 e. The van der Waals surface area contributed by atoms with Gasteiger partial charge >= 0.3 is 6.09 Å². The number of hydrogen-bond acceptors (Lipinski definition) is 5. The fraction of sp³-hybridized carbons (Fsp3) is 0.615. The molecule has 6 heteroatoms. The van der Waals surface area contributed by atoms with Crippen LogP contribution in [0.3, 0.4) is 0 Å². The van der Waals surface area contributed by atoms with Crippen LogP contribution in [0.2, 0.25) is 0 Å². The highest BCUT2D eigenvalue weighted by atomic mass is 16.6. The molecule has 1 atom stereocenters. The largest absolute Gasteiger partial charge is 0.447 e. The van der Waals surface area contributed by atoms with E-state index in [4.69, 9.17) is 4.74 Å². The summed E-state index contributed by atoms with van der Waals surface area (Å²) in [6, 6.07) is 0. The molecule has 2 fully saturated rings. The number of anilines is 1. The summed E-state index contributed by atoms with van der Waals surface area (Å²) in [4.78, 5) is 24.1. The van der Waals surface area contributed by atoms with E-state index in [2.05, 4.69) is 21.9 Å². The van der Waals surface area contributed by atoms with Crippen LogP contribution in [0, 0.1) is 0 Å². The molecule has 2 aliphatic heterocycles. The monoisotopic (exact) mass is 262 g/mol. The number of carbonyl (C=O) groups excluding carboxylic acids is 1. The number of aromatic nitrogens is 2. The summed E-state index contributed by atoms with van der Waals surface area (Å²) in [6.07, 6.45) is 5.49. The molecule has 0 radical (unpaired) electrons. The van der Waals surface area contributed by atoms with Crippen molar-refractivity contribution in [1.82, 2.24) is 14.9 Å². The van der Waals surface area contributed by atoms with Crippen molar-refractivity contribution in [1.29, 1.82) is 0 Å². The average molecular weight is 262 g/mol. The fourth-order valence-electron chi connectivity index (χ4n) is 2.69. The molecule has 19 heavy (non-hydrogen) atoms. The van der Waals surface area contributed by atoms with E-state index in [-0.39, 0.29) is 6.09 Å². The van der Waals surface area contributed by atoms with Crippen molar-refractivity contribution in [3.05, 3.63) is 18.1 Å². The lowest BCUT2D eigenvalue weighted by Gasteiger charge is -2.29. The van der Waals surface area contributed by atoms with Gasteiger partial charge in [0.2, 0.25) is 0 Å². The van der Waals surface area contributed by atoms with Gasteiger partial charge in [-0.3, -0.25) is 9.88 Å². The molecule has 1 aromatic heterocycles. The van der Waals surface area contributed by atoms with Crippen LogP contribution in [0.1, 0.15) is 24.5 Å². The van der Waals surface area contributed by atoms with Crippen molar-refractivity contribution in [2.24, 2.45) is 0 Å². The summed E-state index contributed by atoms with van der Waals surface area (Å²) >= 11 is 0. The number of piperidine rings is 1. The Kier molecular flexibility index (Phi) is 3.33. The average Bonchev–Trinajstić information content (AvgIpc) is 2.85. The first kappa shape index (κ1) is 12.3. The first-order valence-electron chi connectivity index (χ1n) is 6.69. The molecule has 3 rings (SSSR count). The van der Waals surface area contributed by atoms with Crippen molar-refractivity contribution in [2.75, 3.05) is 38.2 Å². The van der Waals surface area contributed by atoms with E-state index >= 15 is 0 Å². The Morgan fingerprint density at radius 3 is 2.84 bits per heavy atom. The predicted molar refractivity (Wildman–Crippen MR) is 70.2 cm³/mol. The van der Waals surface area contributed by atoms with Crippen LogP contribution in [-0.2, 0) is 4.74 Å². The second-order valence-corrected chi connectivity index (χ2v) is 5.17. The van der Waals surface area contributed by atoms with Crippen molar-refractivity contribution >= 4 is 11.9 Å². The number of nitrogens with zero attached hydrogens (tertiary/aromatic N) is 4. The van der Waals surface area contributed by atoms with Gasteiger partial charge in [0.1, 0.15) is 6.61 Å². The standard InChI is InChI=1S/C13H18N4O2/c1-16-4-2-3-10(9-16)11-7-15-12(8-14-11)17-5-6-19-13(17)18/h7-8,10H,2-6,9H2,1H3/t10-/m0/s1. The Morgan fingerprint density at radius 1 is 1.32 bits per heavy atom. The number of amides is 1. The lowest BCUT2D eigenvalue weighted by Crippen LogP contribution is -2.31. The van der Waals surface area contributed by atoms with Gasteiger partial charge in [-0.05, 0) is 26.4 Å². The molecule has 0 unspecified atom stereocenters. The molecule has 3 heterocycles. The maximum atomic E-state index is 11.4. The van der Waals surface area contributed by atoms with Crippen molar-refractivity contribution < 1.29 is 9.53 Å². The summed E-state index contributed by atoms with van der Waals surface area (Å²) in [5.74, 6) is 1.03. The molecule has 1 aromatic rings. The van der Waals surface area contributed by atoms with Gasteiger partial charge in [0.15, 0.2) is 5.82 Å². The number of rotatable bonds is 2. The van der Waals surface area contributed by atoms with Gasteiger partial charge in [-0.25, -0.2) is 9.78 Å². The quantitative estimate of drug-likeness (QED) is 0.802. The third-order valence-corrected chi connectivity index (χ3v) is 3.74. The van der Waals surface area contributed by atoms with Gasteiger partial charge in [0, 0.05) is 12.5 Å². The first-order chi connectivity index (χ1) is 9.24. The molecule has 0 spiro atoms. The molecule has 0 N–H and O–H groups in total. The maximum Gasteiger partial charge on any atom is 0.415 e. The third kappa shape index (κ3) is 2.53. The highest BCUT2D eigenvalue weighted by Crippen LogP contribution is 2.25. The Balaban J connectivity index is 1.73. The molecular formula is C13H18N4O2. The van der Waals surface area contributed by atoms with E-state index < -0.39 is 0 Å². The molecule has 0 aromatic carbocycles. The zero-order valence-electron chi connectivity index (χ0n) is 11.1. The number of likely N-dealkylation sites (tertiary alicyclic amines) is 1. The molecule has 1 amide bonds. The molecule has 102 valence electrons. The summed E-state index contributed by atoms with van der Waals surface area (Å²) in [6.45, 7) is 3.16. The minimum absolute atomic E-state index is 0.334. The molecule has 2 aliphatic rings. The smallest absolute Gasteiger partial charge is 0.415 e. The number of hydrogen-bond donors (Lipinski definition) is 0. The SMILES string of the molecule is CN1CCC[C@H](c2cnc(N3CCOC3=O)cn2)C1. The van der Waals surface area contributed by atoms with E-state index in [1.54, 1.807) is 12.4 Å². The summed E-state index contributed by atoms with van der Waals surface area (Å²) in [7, 11) is 2.13. The van der Waals surface area contributed by atoms with E-state index in [1.807, 2.05) is 0 Å². The second-order valence-electron chi connectivity index (χ2n) is 5.17. The van der Waals surface area contributed by atoms with Gasteiger partial charge in [-0.15, -0.1) is 0 Å². The van der Waals surface area contributed by atoms with Crippen molar-refractivity contribution in [3.8, 4) is 0 Å². The highest BCUT2D eigenvalue weighted by molar-refractivity contribution is 5.87. The molecule has 0 aliphatic carbocycles. The zero-order chi connectivity index (χ0) is 13.2. The van der Waals surface area contributed by atoms with E-state index in [0.717, 1.165) is 25.2 Å². The van der Waals surface area contributed by atoms with Crippen LogP contribution in [0.15, 0.2) is 12.4 Å². The van der Waals surface area contributed by atoms with E-state index in [0.29, 0.717) is 24.9 Å². The van der Waals surface area contributed by atoms with Gasteiger partial charge < -0.3 is 9.64 Å². The van der Waals surface area contributed by atoms with Crippen molar-refractivity contribution in [2.45, 2.75) is 18.8 Å². The number of carbonyl (C=O) groups is 1. The Bertz CT molecular complexity index is 462. The summed E-state index contributed by atoms with van der Waals surface area (Å²) in [5, 5.41) is 0. The Morgan fingerprint density at radius 2 is 2.21 bits per heavy atom. The lowest BCUT2D eigenvalue weighted by atomic mass is 9.95. The van der Waals surface area contributed by atoms with Gasteiger partial charge in [0.05, 0.1) is 24.6 Å². The molecule has 0 bridgehead atoms. The zero-order valence-corrected chi connectivity index (χ0v) is 11.1. The minimum atomic E-state index is -0.334. The molecule has 6 nitrogen and oxygen atoms in total. The normalized spacial score (nSPS) is 24.6. The third-order valence-electron chi connectivity index (χ3n) is 3.74. The van der Waals surface area contributed by atoms with E-state index in [9.17, 15) is 4.79 Å². The van der Waals surface area contributed by atoms with Crippen molar-refractivity contribution in [3.63, 3.8) is 0 Å². The van der Waals surface area contributed by atoms with Gasteiger partial charge in [-0.2, -0.15) is 0 Å². The molecule has 0 saturated carbocycles. The number of cyclic esters (lactones) is 1. The lowest BCUT2D eigenvalue weighted by molar-refractivity contribution is 0.181. The van der Waals surface area contributed by atoms with Crippen LogP contribution in [0.4, 0.5) is 10.6 Å². The van der Waals surface area contributed by atoms with Crippen LogP contribution < -0.4 is 4.90 Å². The number of likely N-dealkylation sites (N-methyl/N-ethyl adjacent to an activating group) is 1. The molecule has 2 saturated heterocycles. The second kappa shape index (κ2) is 5.13. The van der Waals surface area contributed by atoms with Crippen LogP contribution in [-0.4, -0.2) is 54.2 Å². The van der Waals surface area contributed by atoms with Crippen LogP contribution in [0.25, 0.3) is 0 Å². The van der Waals surface area contributed by atoms with Crippen LogP contribution in [0.5, 0.6) is 0 Å². The fourth-order valence-corrected chi connectivity index (χ4v) is 2.69. The van der Waals surface area contributed by atoms with Gasteiger partial charge in [-0.1, -0.05) is 0 Å². The topological polar surface area (TPSA) is 58.6 Å².